The summed E-state index contributed by atoms with van der Waals surface area (Å²) < 4.78 is 0. The number of thiocarbonyl (C=S) groups is 1. The minimum atomic E-state index is -0.478. The second-order valence-electron chi connectivity index (χ2n) is 5.63. The van der Waals surface area contributed by atoms with Crippen LogP contribution in [0.4, 0.5) is 0 Å². The van der Waals surface area contributed by atoms with E-state index in [4.69, 9.17) is 18.0 Å². The van der Waals surface area contributed by atoms with Crippen molar-refractivity contribution in [2.24, 2.45) is 5.73 Å². The molecule has 20 heavy (non-hydrogen) atoms. The summed E-state index contributed by atoms with van der Waals surface area (Å²) in [5.74, 6) is -0.185. The summed E-state index contributed by atoms with van der Waals surface area (Å²) in [4.78, 5) is 12.9. The van der Waals surface area contributed by atoms with E-state index in [0.29, 0.717) is 4.99 Å². The lowest BCUT2D eigenvalue weighted by Crippen LogP contribution is -2.58. The lowest BCUT2D eigenvalue weighted by molar-refractivity contribution is -0.123. The zero-order chi connectivity index (χ0) is 14.6. The molecule has 0 radical (unpaired) electrons. The van der Waals surface area contributed by atoms with Crippen LogP contribution in [-0.4, -0.2) is 16.4 Å². The Morgan fingerprint density at radius 3 is 2.40 bits per heavy atom. The van der Waals surface area contributed by atoms with Crippen LogP contribution in [0.25, 0.3) is 0 Å². The van der Waals surface area contributed by atoms with Crippen LogP contribution in [0.1, 0.15) is 50.5 Å². The zero-order valence-corrected chi connectivity index (χ0v) is 12.7. The fourth-order valence-corrected chi connectivity index (χ4v) is 3.08. The van der Waals surface area contributed by atoms with E-state index in [1.54, 1.807) is 0 Å². The molecule has 1 atom stereocenters. The van der Waals surface area contributed by atoms with Gasteiger partial charge < -0.3 is 11.1 Å². The Labute approximate surface area is 125 Å². The van der Waals surface area contributed by atoms with E-state index in [1.807, 2.05) is 37.3 Å². The largest absolute Gasteiger partial charge is 0.391 e. The Bertz CT molecular complexity index is 481. The third-order valence-corrected chi connectivity index (χ3v) is 4.62. The molecular weight excluding hydrogens is 268 g/mol. The highest BCUT2D eigenvalue weighted by molar-refractivity contribution is 7.80. The maximum atomic E-state index is 12.5. The number of nitrogens with one attached hydrogen (secondary N) is 1. The normalized spacial score (nSPS) is 19.1. The van der Waals surface area contributed by atoms with Crippen LogP contribution in [-0.2, 0) is 4.79 Å². The van der Waals surface area contributed by atoms with Crippen LogP contribution in [0.5, 0.6) is 0 Å². The molecule has 0 spiro atoms. The van der Waals surface area contributed by atoms with Crippen LogP contribution in [0, 0.1) is 0 Å². The molecule has 1 aliphatic rings. The number of hydrogen-bond acceptors (Lipinski definition) is 2. The highest BCUT2D eigenvalue weighted by Crippen LogP contribution is 2.29. The van der Waals surface area contributed by atoms with Crippen molar-refractivity contribution in [1.29, 1.82) is 0 Å². The first-order chi connectivity index (χ1) is 9.55. The number of amides is 1. The van der Waals surface area contributed by atoms with Crippen molar-refractivity contribution in [2.45, 2.75) is 50.5 Å². The van der Waals surface area contributed by atoms with Crippen molar-refractivity contribution in [2.75, 3.05) is 0 Å². The lowest BCUT2D eigenvalue weighted by Gasteiger charge is -2.38. The molecule has 108 valence electrons. The smallest absolute Gasteiger partial charge is 0.228 e. The molecule has 1 saturated carbocycles. The molecule has 0 aliphatic heterocycles. The molecular formula is C16H22N2OS. The van der Waals surface area contributed by atoms with Crippen LogP contribution in [0.2, 0.25) is 0 Å². The second kappa shape index (κ2) is 6.35. The van der Waals surface area contributed by atoms with Crippen LogP contribution in [0.15, 0.2) is 30.3 Å². The molecule has 1 aromatic carbocycles. The quantitative estimate of drug-likeness (QED) is 0.838. The molecule has 3 N–H and O–H groups in total. The van der Waals surface area contributed by atoms with E-state index in [1.165, 1.54) is 6.42 Å². The Morgan fingerprint density at radius 2 is 1.85 bits per heavy atom. The highest BCUT2D eigenvalue weighted by Gasteiger charge is 2.37. The van der Waals surface area contributed by atoms with Gasteiger partial charge in [0.1, 0.15) is 0 Å². The van der Waals surface area contributed by atoms with E-state index in [0.717, 1.165) is 31.2 Å². The average molecular weight is 290 g/mol. The van der Waals surface area contributed by atoms with Gasteiger partial charge in [-0.25, -0.2) is 0 Å². The molecule has 1 amide bonds. The van der Waals surface area contributed by atoms with E-state index in [2.05, 4.69) is 5.32 Å². The van der Waals surface area contributed by atoms with Crippen molar-refractivity contribution >= 4 is 23.1 Å². The Balaban J connectivity index is 2.11. The summed E-state index contributed by atoms with van der Waals surface area (Å²) in [6.07, 6.45) is 5.04. The Hall–Kier alpha value is -1.42. The van der Waals surface area contributed by atoms with E-state index in [-0.39, 0.29) is 11.8 Å². The molecule has 0 bridgehead atoms. The predicted octanol–water partition coefficient (Wildman–Crippen LogP) is 2.90. The first-order valence-corrected chi connectivity index (χ1v) is 7.63. The van der Waals surface area contributed by atoms with E-state index in [9.17, 15) is 4.79 Å². The minimum Gasteiger partial charge on any atom is -0.391 e. The fraction of sp³-hybridized carbons (Fsp3) is 0.500. The third kappa shape index (κ3) is 3.18. The molecule has 1 aromatic rings. The topological polar surface area (TPSA) is 55.1 Å². The van der Waals surface area contributed by atoms with Gasteiger partial charge in [0.2, 0.25) is 5.91 Å². The number of nitrogens with two attached hydrogens (primary N) is 1. The van der Waals surface area contributed by atoms with Gasteiger partial charge in [-0.2, -0.15) is 0 Å². The molecule has 4 heteroatoms. The first-order valence-electron chi connectivity index (χ1n) is 7.22. The molecule has 1 unspecified atom stereocenters. The lowest BCUT2D eigenvalue weighted by atomic mass is 9.81. The number of rotatable bonds is 4. The van der Waals surface area contributed by atoms with Gasteiger partial charge in [0.15, 0.2) is 0 Å². The fourth-order valence-electron chi connectivity index (χ4n) is 2.83. The van der Waals surface area contributed by atoms with Crippen molar-refractivity contribution in [3.8, 4) is 0 Å². The molecule has 0 heterocycles. The standard InChI is InChI=1S/C16H22N2OS/c1-12(13-8-4-2-5-9-13)14(19)18-16(15(17)20)10-6-3-7-11-16/h2,4-5,8-9,12H,3,6-7,10-11H2,1H3,(H2,17,20)(H,18,19). The summed E-state index contributed by atoms with van der Waals surface area (Å²) in [5.41, 5.74) is 6.44. The first kappa shape index (κ1) is 15.0. The van der Waals surface area contributed by atoms with Gasteiger partial charge in [-0.15, -0.1) is 0 Å². The number of carbonyl (C=O) groups is 1. The summed E-state index contributed by atoms with van der Waals surface area (Å²) in [6.45, 7) is 1.92. The van der Waals surface area contributed by atoms with E-state index < -0.39 is 5.54 Å². The van der Waals surface area contributed by atoms with Gasteiger partial charge in [0.05, 0.1) is 16.4 Å². The average Bonchev–Trinajstić information content (AvgIpc) is 2.48. The van der Waals surface area contributed by atoms with Crippen molar-refractivity contribution in [3.05, 3.63) is 35.9 Å². The molecule has 1 fully saturated rings. The van der Waals surface area contributed by atoms with Gasteiger partial charge in [-0.3, -0.25) is 4.79 Å². The van der Waals surface area contributed by atoms with Crippen LogP contribution >= 0.6 is 12.2 Å². The van der Waals surface area contributed by atoms with Crippen LogP contribution < -0.4 is 11.1 Å². The highest BCUT2D eigenvalue weighted by atomic mass is 32.1. The number of hydrogen-bond donors (Lipinski definition) is 2. The zero-order valence-electron chi connectivity index (χ0n) is 11.9. The minimum absolute atomic E-state index is 0.00546. The summed E-state index contributed by atoms with van der Waals surface area (Å²) >= 11 is 5.21. The maximum absolute atomic E-state index is 12.5. The molecule has 3 nitrogen and oxygen atoms in total. The SMILES string of the molecule is CC(C(=O)NC1(C(N)=S)CCCCC1)c1ccccc1. The van der Waals surface area contributed by atoms with Gasteiger partial charge in [0, 0.05) is 0 Å². The number of benzene rings is 1. The van der Waals surface area contributed by atoms with Gasteiger partial charge in [-0.1, -0.05) is 61.8 Å². The summed E-state index contributed by atoms with van der Waals surface area (Å²) in [5, 5.41) is 3.12. The number of carbonyl (C=O) groups excluding carboxylic acids is 1. The Morgan fingerprint density at radius 1 is 1.25 bits per heavy atom. The maximum Gasteiger partial charge on any atom is 0.228 e. The molecule has 2 rings (SSSR count). The van der Waals surface area contributed by atoms with Gasteiger partial charge in [-0.05, 0) is 25.3 Å². The van der Waals surface area contributed by atoms with Crippen molar-refractivity contribution in [3.63, 3.8) is 0 Å². The molecule has 0 aromatic heterocycles. The Kier molecular flexibility index (Phi) is 4.76. The van der Waals surface area contributed by atoms with Crippen molar-refractivity contribution in [1.82, 2.24) is 5.32 Å². The molecule has 0 saturated heterocycles. The van der Waals surface area contributed by atoms with E-state index >= 15 is 0 Å². The van der Waals surface area contributed by atoms with Gasteiger partial charge >= 0.3 is 0 Å². The summed E-state index contributed by atoms with van der Waals surface area (Å²) in [6, 6.07) is 9.79. The monoisotopic (exact) mass is 290 g/mol. The predicted molar refractivity (Wildman–Crippen MR) is 85.6 cm³/mol. The van der Waals surface area contributed by atoms with Crippen molar-refractivity contribution < 1.29 is 4.79 Å². The third-order valence-electron chi connectivity index (χ3n) is 4.23. The molecule has 1 aliphatic carbocycles. The summed E-state index contributed by atoms with van der Waals surface area (Å²) in [7, 11) is 0. The second-order valence-corrected chi connectivity index (χ2v) is 6.07. The van der Waals surface area contributed by atoms with Gasteiger partial charge in [0.25, 0.3) is 0 Å². The van der Waals surface area contributed by atoms with Crippen LogP contribution in [0.3, 0.4) is 0 Å².